The summed E-state index contributed by atoms with van der Waals surface area (Å²) < 4.78 is 36.0. The summed E-state index contributed by atoms with van der Waals surface area (Å²) in [7, 11) is -0.249. The zero-order valence-corrected chi connectivity index (χ0v) is 21.1. The van der Waals surface area contributed by atoms with Crippen LogP contribution in [0, 0.1) is 4.64 Å². The monoisotopic (exact) mass is 490 g/mol. The lowest BCUT2D eigenvalue weighted by Crippen LogP contribution is -2.48. The number of nitrogens with one attached hydrogen (secondary N) is 1. The average molecular weight is 491 g/mol. The maximum Gasteiger partial charge on any atom is 0.243 e. The molecule has 0 bridgehead atoms. The van der Waals surface area contributed by atoms with Gasteiger partial charge < -0.3 is 14.6 Å². The van der Waals surface area contributed by atoms with E-state index in [-0.39, 0.29) is 4.90 Å². The molecule has 4 rings (SSSR count). The van der Waals surface area contributed by atoms with Crippen LogP contribution in [0.15, 0.2) is 23.1 Å². The van der Waals surface area contributed by atoms with Crippen LogP contribution in [0.1, 0.15) is 26.0 Å². The number of methoxy groups -OCH3 is 1. The van der Waals surface area contributed by atoms with E-state index in [1.54, 1.807) is 34.3 Å². The SMILES string of the molecule is CCCc1nn(C)c2c(=S)nc(-c3cc(S(=O)(=O)N4CCN(CC)CC4)ccc3OC)[nH]c12. The van der Waals surface area contributed by atoms with Gasteiger partial charge in [-0.15, -0.1) is 0 Å². The van der Waals surface area contributed by atoms with E-state index in [4.69, 9.17) is 17.0 Å². The number of fused-ring (bicyclic) bond motifs is 1. The maximum atomic E-state index is 13.4. The van der Waals surface area contributed by atoms with Crippen LogP contribution >= 0.6 is 12.2 Å². The normalized spacial score (nSPS) is 15.9. The highest BCUT2D eigenvalue weighted by molar-refractivity contribution is 7.89. The molecule has 0 radical (unpaired) electrons. The van der Waals surface area contributed by atoms with Gasteiger partial charge in [0.25, 0.3) is 0 Å². The molecule has 0 atom stereocenters. The molecular formula is C22H30N6O3S2. The van der Waals surface area contributed by atoms with Crippen LogP contribution in [0.25, 0.3) is 22.4 Å². The summed E-state index contributed by atoms with van der Waals surface area (Å²) in [5.74, 6) is 0.978. The first-order chi connectivity index (χ1) is 15.8. The molecule has 1 N–H and O–H groups in total. The van der Waals surface area contributed by atoms with Crippen LogP contribution in [0.4, 0.5) is 0 Å². The number of likely N-dealkylation sites (N-methyl/N-ethyl adjacent to an activating group) is 1. The predicted octanol–water partition coefficient (Wildman–Crippen LogP) is 2.98. The number of hydrogen-bond donors (Lipinski definition) is 1. The summed E-state index contributed by atoms with van der Waals surface area (Å²) in [4.78, 5) is 10.4. The lowest BCUT2D eigenvalue weighted by molar-refractivity contribution is 0.196. The molecule has 1 aliphatic rings. The minimum atomic E-state index is -3.65. The van der Waals surface area contributed by atoms with Crippen molar-refractivity contribution in [1.82, 2.24) is 29.0 Å². The third-order valence-corrected chi connectivity index (χ3v) is 8.29. The van der Waals surface area contributed by atoms with E-state index in [2.05, 4.69) is 33.8 Å². The van der Waals surface area contributed by atoms with Gasteiger partial charge in [0.2, 0.25) is 10.0 Å². The van der Waals surface area contributed by atoms with Crippen molar-refractivity contribution >= 4 is 33.3 Å². The van der Waals surface area contributed by atoms with Gasteiger partial charge in [-0.05, 0) is 31.2 Å². The van der Waals surface area contributed by atoms with Gasteiger partial charge in [-0.25, -0.2) is 13.4 Å². The fourth-order valence-corrected chi connectivity index (χ4v) is 6.04. The van der Waals surface area contributed by atoms with Crippen LogP contribution in [0.3, 0.4) is 0 Å². The van der Waals surface area contributed by atoms with E-state index in [9.17, 15) is 8.42 Å². The topological polar surface area (TPSA) is 96.3 Å². The van der Waals surface area contributed by atoms with Gasteiger partial charge in [0, 0.05) is 33.2 Å². The number of hydrogen-bond acceptors (Lipinski definition) is 7. The van der Waals surface area contributed by atoms with Gasteiger partial charge in [0.05, 0.1) is 28.8 Å². The number of H-pyrrole nitrogens is 1. The number of aryl methyl sites for hydroxylation is 2. The number of rotatable bonds is 7. The third kappa shape index (κ3) is 4.42. The van der Waals surface area contributed by atoms with Crippen molar-refractivity contribution in [3.63, 3.8) is 0 Å². The number of ether oxygens (including phenoxy) is 1. The molecule has 1 aromatic carbocycles. The Morgan fingerprint density at radius 2 is 1.91 bits per heavy atom. The van der Waals surface area contributed by atoms with Crippen LogP contribution < -0.4 is 4.74 Å². The molecular weight excluding hydrogens is 460 g/mol. The first-order valence-corrected chi connectivity index (χ1v) is 13.0. The Morgan fingerprint density at radius 3 is 2.55 bits per heavy atom. The highest BCUT2D eigenvalue weighted by Gasteiger charge is 2.29. The van der Waals surface area contributed by atoms with Crippen LogP contribution in [0.2, 0.25) is 0 Å². The molecule has 33 heavy (non-hydrogen) atoms. The Hall–Kier alpha value is -2.34. The molecule has 3 aromatic rings. The van der Waals surface area contributed by atoms with Crippen molar-refractivity contribution < 1.29 is 13.2 Å². The lowest BCUT2D eigenvalue weighted by Gasteiger charge is -2.33. The highest BCUT2D eigenvalue weighted by atomic mass is 32.2. The molecule has 1 fully saturated rings. The Bertz CT molecular complexity index is 1320. The minimum absolute atomic E-state index is 0.212. The summed E-state index contributed by atoms with van der Waals surface area (Å²) in [5.41, 5.74) is 3.03. The van der Waals surface area contributed by atoms with E-state index in [1.165, 1.54) is 0 Å². The largest absolute Gasteiger partial charge is 0.496 e. The van der Waals surface area contributed by atoms with Crippen LogP contribution in [-0.4, -0.2) is 77.2 Å². The molecule has 178 valence electrons. The van der Waals surface area contributed by atoms with Crippen molar-refractivity contribution in [3.05, 3.63) is 28.5 Å². The second-order valence-electron chi connectivity index (χ2n) is 8.13. The second-order valence-corrected chi connectivity index (χ2v) is 10.5. The fraction of sp³-hybridized carbons (Fsp3) is 0.500. The Morgan fingerprint density at radius 1 is 1.18 bits per heavy atom. The van der Waals surface area contributed by atoms with Crippen molar-refractivity contribution in [2.45, 2.75) is 31.6 Å². The van der Waals surface area contributed by atoms with Gasteiger partial charge in [0.1, 0.15) is 17.1 Å². The van der Waals surface area contributed by atoms with Gasteiger partial charge in [-0.3, -0.25) is 4.68 Å². The van der Waals surface area contributed by atoms with E-state index in [0.717, 1.165) is 49.2 Å². The third-order valence-electron chi connectivity index (χ3n) is 6.11. The number of piperazine rings is 1. The number of nitrogens with zero attached hydrogens (tertiary/aromatic N) is 5. The van der Waals surface area contributed by atoms with Crippen molar-refractivity contribution in [2.75, 3.05) is 39.8 Å². The van der Waals surface area contributed by atoms with E-state index in [0.29, 0.717) is 34.9 Å². The minimum Gasteiger partial charge on any atom is -0.496 e. The molecule has 1 saturated heterocycles. The fourth-order valence-electron chi connectivity index (χ4n) is 4.26. The van der Waals surface area contributed by atoms with Gasteiger partial charge in [-0.1, -0.05) is 32.5 Å². The molecule has 0 amide bonds. The molecule has 0 aliphatic carbocycles. The standard InChI is InChI=1S/C22H30N6O3S2/c1-5-7-17-19-20(26(3)25-17)22(32)24-21(23-19)16-14-15(8-9-18(16)31-4)33(29,30)28-12-10-27(6-2)11-13-28/h8-9,14H,5-7,10-13H2,1-4H3,(H,23,24,32). The summed E-state index contributed by atoms with van der Waals surface area (Å²) >= 11 is 5.57. The summed E-state index contributed by atoms with van der Waals surface area (Å²) in [6, 6.07) is 4.88. The molecule has 2 aromatic heterocycles. The zero-order chi connectivity index (χ0) is 23.8. The first kappa shape index (κ1) is 23.8. The Balaban J connectivity index is 1.80. The molecule has 0 saturated carbocycles. The molecule has 1 aliphatic heterocycles. The number of sulfonamides is 1. The van der Waals surface area contributed by atoms with Crippen molar-refractivity contribution in [2.24, 2.45) is 7.05 Å². The Kier molecular flexibility index (Phi) is 6.85. The molecule has 3 heterocycles. The second kappa shape index (κ2) is 9.49. The molecule has 11 heteroatoms. The summed E-state index contributed by atoms with van der Waals surface area (Å²) in [5, 5.41) is 4.59. The summed E-state index contributed by atoms with van der Waals surface area (Å²) in [6.45, 7) is 7.50. The predicted molar refractivity (Wildman–Crippen MR) is 131 cm³/mol. The summed E-state index contributed by atoms with van der Waals surface area (Å²) in [6.07, 6.45) is 1.73. The average Bonchev–Trinajstić information content (AvgIpc) is 3.14. The van der Waals surface area contributed by atoms with Gasteiger partial charge in [0.15, 0.2) is 4.64 Å². The lowest BCUT2D eigenvalue weighted by atomic mass is 10.1. The maximum absolute atomic E-state index is 13.4. The van der Waals surface area contributed by atoms with E-state index < -0.39 is 10.0 Å². The highest BCUT2D eigenvalue weighted by Crippen LogP contribution is 2.33. The van der Waals surface area contributed by atoms with Gasteiger partial charge >= 0.3 is 0 Å². The van der Waals surface area contributed by atoms with E-state index in [1.807, 2.05) is 7.05 Å². The van der Waals surface area contributed by atoms with Crippen LogP contribution in [0.5, 0.6) is 5.75 Å². The smallest absolute Gasteiger partial charge is 0.243 e. The zero-order valence-electron chi connectivity index (χ0n) is 19.5. The molecule has 0 spiro atoms. The van der Waals surface area contributed by atoms with Crippen molar-refractivity contribution in [3.8, 4) is 17.1 Å². The number of aromatic nitrogens is 4. The van der Waals surface area contributed by atoms with Crippen molar-refractivity contribution in [1.29, 1.82) is 0 Å². The quantitative estimate of drug-likeness (QED) is 0.509. The van der Waals surface area contributed by atoms with Crippen LogP contribution in [-0.2, 0) is 23.5 Å². The molecule has 9 nitrogen and oxygen atoms in total. The van der Waals surface area contributed by atoms with E-state index >= 15 is 0 Å². The number of benzene rings is 1. The number of aromatic amines is 1. The van der Waals surface area contributed by atoms with Gasteiger partial charge in [-0.2, -0.15) is 9.40 Å². The Labute approximate surface area is 199 Å². The molecule has 0 unspecified atom stereocenters. The first-order valence-electron chi connectivity index (χ1n) is 11.2.